The van der Waals surface area contributed by atoms with Gasteiger partial charge in [-0.3, -0.25) is 0 Å². The fourth-order valence-electron chi connectivity index (χ4n) is 2.62. The molecule has 0 amide bonds. The Kier molecular flexibility index (Phi) is 5.22. The van der Waals surface area contributed by atoms with Gasteiger partial charge in [0.25, 0.3) is 0 Å². The van der Waals surface area contributed by atoms with Gasteiger partial charge in [0.15, 0.2) is 9.84 Å². The molecule has 1 N–H and O–H groups in total. The van der Waals surface area contributed by atoms with Crippen LogP contribution in [-0.4, -0.2) is 38.0 Å². The van der Waals surface area contributed by atoms with Gasteiger partial charge in [-0.15, -0.1) is 0 Å². The molecule has 1 fully saturated rings. The molecule has 0 bridgehead atoms. The highest BCUT2D eigenvalue weighted by Gasteiger charge is 2.40. The number of benzene rings is 2. The largest absolute Gasteiger partial charge is 0.455 e. The molecule has 1 aliphatic heterocycles. The summed E-state index contributed by atoms with van der Waals surface area (Å²) in [5.74, 6) is -0.895. The van der Waals surface area contributed by atoms with Gasteiger partial charge in [-0.2, -0.15) is 0 Å². The summed E-state index contributed by atoms with van der Waals surface area (Å²) in [6, 6.07) is 12.6. The molecule has 8 heteroatoms. The number of esters is 1. The van der Waals surface area contributed by atoms with Crippen molar-refractivity contribution in [3.63, 3.8) is 0 Å². The third-order valence-electron chi connectivity index (χ3n) is 3.84. The topological polar surface area (TPSA) is 72.5 Å². The molecule has 2 atom stereocenters. The fraction of sp³-hybridized carbons (Fsp3) is 0.235. The SMILES string of the molecule is O=C(O[C@@H]1CS(=O)(=O)C[C@@H]1Nc1ccc(Cl)cc1)c1ccc(Cl)cc1. The van der Waals surface area contributed by atoms with E-state index in [1.165, 1.54) is 12.1 Å². The van der Waals surface area contributed by atoms with Crippen LogP contribution in [0.25, 0.3) is 0 Å². The highest BCUT2D eigenvalue weighted by Crippen LogP contribution is 2.23. The lowest BCUT2D eigenvalue weighted by Crippen LogP contribution is -2.35. The van der Waals surface area contributed by atoms with Gasteiger partial charge in [0.05, 0.1) is 23.1 Å². The monoisotopic (exact) mass is 399 g/mol. The second-order valence-electron chi connectivity index (χ2n) is 5.79. The molecule has 0 aromatic heterocycles. The average molecular weight is 400 g/mol. The van der Waals surface area contributed by atoms with E-state index >= 15 is 0 Å². The summed E-state index contributed by atoms with van der Waals surface area (Å²) in [4.78, 5) is 12.3. The zero-order valence-corrected chi connectivity index (χ0v) is 15.3. The van der Waals surface area contributed by atoms with E-state index in [9.17, 15) is 13.2 Å². The lowest BCUT2D eigenvalue weighted by Gasteiger charge is -2.21. The number of halogens is 2. The highest BCUT2D eigenvalue weighted by atomic mass is 35.5. The summed E-state index contributed by atoms with van der Waals surface area (Å²) >= 11 is 11.6. The number of anilines is 1. The van der Waals surface area contributed by atoms with E-state index in [1.54, 1.807) is 36.4 Å². The molecule has 5 nitrogen and oxygen atoms in total. The van der Waals surface area contributed by atoms with Crippen LogP contribution in [0.2, 0.25) is 10.0 Å². The lowest BCUT2D eigenvalue weighted by molar-refractivity contribution is 0.0337. The lowest BCUT2D eigenvalue weighted by atomic mass is 10.2. The Morgan fingerprint density at radius 3 is 2.12 bits per heavy atom. The van der Waals surface area contributed by atoms with Crippen molar-refractivity contribution in [1.82, 2.24) is 0 Å². The van der Waals surface area contributed by atoms with Crippen LogP contribution in [0.1, 0.15) is 10.4 Å². The van der Waals surface area contributed by atoms with Crippen LogP contribution in [0, 0.1) is 0 Å². The molecule has 1 saturated heterocycles. The Morgan fingerprint density at radius 1 is 0.960 bits per heavy atom. The molecule has 0 aliphatic carbocycles. The van der Waals surface area contributed by atoms with Crippen molar-refractivity contribution >= 4 is 44.7 Å². The van der Waals surface area contributed by atoms with Crippen LogP contribution in [0.15, 0.2) is 48.5 Å². The molecule has 2 aromatic carbocycles. The molecule has 1 aliphatic rings. The van der Waals surface area contributed by atoms with E-state index in [-0.39, 0.29) is 11.5 Å². The minimum Gasteiger partial charge on any atom is -0.455 e. The third kappa shape index (κ3) is 4.66. The average Bonchev–Trinajstić information content (AvgIpc) is 2.83. The van der Waals surface area contributed by atoms with Gasteiger partial charge in [-0.05, 0) is 48.5 Å². The maximum atomic E-state index is 12.3. The molecule has 2 aromatic rings. The Morgan fingerprint density at radius 2 is 1.52 bits per heavy atom. The van der Waals surface area contributed by atoms with Crippen LogP contribution in [0.4, 0.5) is 5.69 Å². The van der Waals surface area contributed by atoms with E-state index in [2.05, 4.69) is 5.32 Å². The van der Waals surface area contributed by atoms with Crippen molar-refractivity contribution in [3.05, 3.63) is 64.1 Å². The second-order valence-corrected chi connectivity index (χ2v) is 8.81. The molecule has 0 radical (unpaired) electrons. The highest BCUT2D eigenvalue weighted by molar-refractivity contribution is 7.91. The van der Waals surface area contributed by atoms with Crippen LogP contribution >= 0.6 is 23.2 Å². The maximum absolute atomic E-state index is 12.3. The molecule has 0 saturated carbocycles. The Bertz CT molecular complexity index is 867. The quantitative estimate of drug-likeness (QED) is 0.797. The van der Waals surface area contributed by atoms with E-state index < -0.39 is 28.0 Å². The minimum absolute atomic E-state index is 0.103. The summed E-state index contributed by atoms with van der Waals surface area (Å²) in [6.07, 6.45) is -0.774. The molecule has 0 spiro atoms. The zero-order valence-electron chi connectivity index (χ0n) is 13.0. The van der Waals surface area contributed by atoms with Crippen molar-refractivity contribution in [1.29, 1.82) is 0 Å². The predicted octanol–water partition coefficient (Wildman–Crippen LogP) is 3.43. The second kappa shape index (κ2) is 7.23. The van der Waals surface area contributed by atoms with Crippen molar-refractivity contribution < 1.29 is 17.9 Å². The summed E-state index contributed by atoms with van der Waals surface area (Å²) < 4.78 is 29.4. The molecule has 3 rings (SSSR count). The van der Waals surface area contributed by atoms with E-state index in [0.717, 1.165) is 0 Å². The molecule has 1 heterocycles. The van der Waals surface area contributed by atoms with Crippen molar-refractivity contribution in [2.24, 2.45) is 0 Å². The maximum Gasteiger partial charge on any atom is 0.338 e. The van der Waals surface area contributed by atoms with Crippen molar-refractivity contribution in [3.8, 4) is 0 Å². The summed E-state index contributed by atoms with van der Waals surface area (Å²) in [7, 11) is -3.29. The summed E-state index contributed by atoms with van der Waals surface area (Å²) in [5, 5.41) is 4.18. The molecular formula is C17H15Cl2NO4S. The van der Waals surface area contributed by atoms with Crippen LogP contribution < -0.4 is 5.32 Å². The van der Waals surface area contributed by atoms with Gasteiger partial charge in [-0.1, -0.05) is 23.2 Å². The van der Waals surface area contributed by atoms with Crippen molar-refractivity contribution in [2.75, 3.05) is 16.8 Å². The number of ether oxygens (including phenoxy) is 1. The van der Waals surface area contributed by atoms with Crippen LogP contribution in [0.5, 0.6) is 0 Å². The number of hydrogen-bond donors (Lipinski definition) is 1. The number of nitrogens with one attached hydrogen (secondary N) is 1. The van der Waals surface area contributed by atoms with Gasteiger partial charge in [-0.25, -0.2) is 13.2 Å². The van der Waals surface area contributed by atoms with Gasteiger partial charge < -0.3 is 10.1 Å². The smallest absolute Gasteiger partial charge is 0.338 e. The number of hydrogen-bond acceptors (Lipinski definition) is 5. The number of carbonyl (C=O) groups is 1. The molecule has 0 unspecified atom stereocenters. The normalized spacial score (nSPS) is 21.7. The Labute approximate surface area is 155 Å². The minimum atomic E-state index is -3.29. The molecule has 25 heavy (non-hydrogen) atoms. The standard InChI is InChI=1S/C17H15Cl2NO4S/c18-12-3-1-11(2-4-12)17(21)24-16-10-25(22,23)9-15(16)20-14-7-5-13(19)6-8-14/h1-8,15-16,20H,9-10H2/t15-,16+/m0/s1. The van der Waals surface area contributed by atoms with Gasteiger partial charge in [0, 0.05) is 15.7 Å². The summed E-state index contributed by atoms with van der Waals surface area (Å²) in [5.41, 5.74) is 1.03. The first-order chi connectivity index (χ1) is 11.8. The summed E-state index contributed by atoms with van der Waals surface area (Å²) in [6.45, 7) is 0. The first-order valence-electron chi connectivity index (χ1n) is 7.51. The number of carbonyl (C=O) groups excluding carboxylic acids is 1. The number of sulfone groups is 1. The van der Waals surface area contributed by atoms with E-state index in [1.807, 2.05) is 0 Å². The third-order valence-corrected chi connectivity index (χ3v) is 6.04. The van der Waals surface area contributed by atoms with E-state index in [0.29, 0.717) is 21.3 Å². The van der Waals surface area contributed by atoms with Gasteiger partial charge in [0.1, 0.15) is 6.10 Å². The molecule has 132 valence electrons. The Balaban J connectivity index is 1.74. The number of rotatable bonds is 4. The van der Waals surface area contributed by atoms with Crippen LogP contribution in [0.3, 0.4) is 0 Å². The first kappa shape index (κ1) is 18.0. The van der Waals surface area contributed by atoms with E-state index in [4.69, 9.17) is 27.9 Å². The Hall–Kier alpha value is -1.76. The zero-order chi connectivity index (χ0) is 18.0. The van der Waals surface area contributed by atoms with Gasteiger partial charge in [0.2, 0.25) is 0 Å². The predicted molar refractivity (Wildman–Crippen MR) is 98.2 cm³/mol. The van der Waals surface area contributed by atoms with Crippen LogP contribution in [-0.2, 0) is 14.6 Å². The fourth-order valence-corrected chi connectivity index (χ4v) is 4.65. The first-order valence-corrected chi connectivity index (χ1v) is 10.1. The van der Waals surface area contributed by atoms with Gasteiger partial charge >= 0.3 is 5.97 Å². The van der Waals surface area contributed by atoms with Crippen molar-refractivity contribution in [2.45, 2.75) is 12.1 Å². The molecular weight excluding hydrogens is 385 g/mol.